The Hall–Kier alpha value is -3.36. The summed E-state index contributed by atoms with van der Waals surface area (Å²) < 4.78 is 23.2. The molecular weight excluding hydrogens is 828 g/mol. The van der Waals surface area contributed by atoms with Gasteiger partial charge in [0.15, 0.2) is 0 Å². The quantitative estimate of drug-likeness (QED) is 0.0273. The Kier molecular flexibility index (Phi) is 43.4. The summed E-state index contributed by atoms with van der Waals surface area (Å²) in [6, 6.07) is -0.943. The second-order valence-corrected chi connectivity index (χ2v) is 18.8. The Morgan fingerprint density at radius 1 is 0.554 bits per heavy atom. The van der Waals surface area contributed by atoms with Crippen molar-refractivity contribution in [3.63, 3.8) is 0 Å². The van der Waals surface area contributed by atoms with E-state index >= 15 is 0 Å². The van der Waals surface area contributed by atoms with Gasteiger partial charge in [-0.1, -0.05) is 180 Å². The standard InChI is InChI=1S/C56H93N2O6P/c1-6-8-10-12-14-16-18-20-22-24-25-26-27-28-29-30-31-32-33-34-36-38-40-42-44-46-48-50-56(60)57-54(53-64-65(61,62)63-52-51-58(3,4)5)55(59)49-47-45-43-41-39-37-35-23-21-19-17-15-13-11-9-7-2/h8,10,14,16,20-23,25-26,28-29,31-32,34,36,39-42,47,49,54-55,59H,6-7,9,11-13,15,17-19,24,27,30,33,35,37-38,43-46,48,50-53H2,1-5H3,(H-,57,60,61,62)/b10-8-,16-14-,22-20-,23-21+,26-25-,29-28-,32-31-,36-34-,41-39+,42-40-,49-47+. The number of nitrogens with one attached hydrogen (secondary N) is 1. The van der Waals surface area contributed by atoms with Crippen LogP contribution in [0, 0.1) is 0 Å². The van der Waals surface area contributed by atoms with E-state index in [1.807, 2.05) is 27.2 Å². The van der Waals surface area contributed by atoms with Gasteiger partial charge in [-0.15, -0.1) is 0 Å². The van der Waals surface area contributed by atoms with E-state index in [0.29, 0.717) is 23.9 Å². The predicted octanol–water partition coefficient (Wildman–Crippen LogP) is 14.2. The van der Waals surface area contributed by atoms with Crippen LogP contribution in [0.4, 0.5) is 0 Å². The molecule has 0 aliphatic carbocycles. The van der Waals surface area contributed by atoms with E-state index in [-0.39, 0.29) is 18.9 Å². The van der Waals surface area contributed by atoms with Crippen molar-refractivity contribution in [2.45, 2.75) is 174 Å². The average Bonchev–Trinajstić information content (AvgIpc) is 3.26. The summed E-state index contributed by atoms with van der Waals surface area (Å²) in [7, 11) is 1.18. The Bertz CT molecular complexity index is 1510. The summed E-state index contributed by atoms with van der Waals surface area (Å²) in [6.07, 6.45) is 69.4. The normalized spacial score (nSPS) is 15.2. The number of phosphoric ester groups is 1. The van der Waals surface area contributed by atoms with E-state index in [1.165, 1.54) is 38.5 Å². The summed E-state index contributed by atoms with van der Waals surface area (Å²) in [4.78, 5) is 25.4. The van der Waals surface area contributed by atoms with Gasteiger partial charge in [-0.3, -0.25) is 9.36 Å². The van der Waals surface area contributed by atoms with E-state index < -0.39 is 26.6 Å². The van der Waals surface area contributed by atoms with Gasteiger partial charge in [0.2, 0.25) is 5.91 Å². The van der Waals surface area contributed by atoms with Crippen LogP contribution in [-0.2, 0) is 18.4 Å². The number of aliphatic hydroxyl groups excluding tert-OH is 1. The van der Waals surface area contributed by atoms with Crippen molar-refractivity contribution in [1.29, 1.82) is 0 Å². The monoisotopic (exact) mass is 921 g/mol. The number of carbonyl (C=O) groups is 1. The fourth-order valence-corrected chi connectivity index (χ4v) is 6.86. The van der Waals surface area contributed by atoms with Gasteiger partial charge in [-0.2, -0.15) is 0 Å². The molecule has 0 aliphatic rings. The number of quaternary nitrogens is 1. The molecule has 2 N–H and O–H groups in total. The van der Waals surface area contributed by atoms with Crippen LogP contribution in [0.15, 0.2) is 134 Å². The minimum atomic E-state index is -4.63. The summed E-state index contributed by atoms with van der Waals surface area (Å²) in [6.45, 7) is 4.42. The molecule has 0 aromatic rings. The third-order valence-corrected chi connectivity index (χ3v) is 11.0. The lowest BCUT2D eigenvalue weighted by atomic mass is 10.1. The Morgan fingerprint density at radius 3 is 1.43 bits per heavy atom. The molecule has 65 heavy (non-hydrogen) atoms. The lowest BCUT2D eigenvalue weighted by Gasteiger charge is -2.29. The average molecular weight is 921 g/mol. The number of allylic oxidation sites excluding steroid dienone is 21. The largest absolute Gasteiger partial charge is 0.756 e. The van der Waals surface area contributed by atoms with Gasteiger partial charge < -0.3 is 28.8 Å². The zero-order valence-corrected chi connectivity index (χ0v) is 42.5. The highest BCUT2D eigenvalue weighted by atomic mass is 31.2. The number of aliphatic hydroxyl groups is 1. The molecule has 9 heteroatoms. The van der Waals surface area contributed by atoms with Crippen LogP contribution in [-0.4, -0.2) is 68.5 Å². The number of likely N-dealkylation sites (N-methyl/N-ethyl adjacent to an activating group) is 1. The molecular formula is C56H93N2O6P. The fraction of sp³-hybridized carbons (Fsp3) is 0.589. The first kappa shape index (κ1) is 61.6. The topological polar surface area (TPSA) is 108 Å². The molecule has 3 atom stereocenters. The van der Waals surface area contributed by atoms with Gasteiger partial charge in [0, 0.05) is 6.42 Å². The van der Waals surface area contributed by atoms with Crippen LogP contribution in [0.3, 0.4) is 0 Å². The van der Waals surface area contributed by atoms with Gasteiger partial charge >= 0.3 is 0 Å². The maximum Gasteiger partial charge on any atom is 0.268 e. The Balaban J connectivity index is 4.51. The van der Waals surface area contributed by atoms with Crippen LogP contribution < -0.4 is 10.2 Å². The number of carbonyl (C=O) groups excluding carboxylic acids is 1. The zero-order valence-electron chi connectivity index (χ0n) is 41.6. The molecule has 0 aromatic heterocycles. The first-order valence-corrected chi connectivity index (χ1v) is 26.5. The molecule has 0 saturated carbocycles. The maximum atomic E-state index is 12.9. The van der Waals surface area contributed by atoms with Gasteiger partial charge in [0.1, 0.15) is 13.2 Å². The van der Waals surface area contributed by atoms with Crippen molar-refractivity contribution < 1.29 is 32.9 Å². The van der Waals surface area contributed by atoms with Crippen molar-refractivity contribution in [1.82, 2.24) is 5.32 Å². The third-order valence-electron chi connectivity index (χ3n) is 10.1. The molecule has 3 unspecified atom stereocenters. The number of phosphoric acid groups is 1. The van der Waals surface area contributed by atoms with Crippen molar-refractivity contribution in [3.05, 3.63) is 134 Å². The summed E-state index contributed by atoms with van der Waals surface area (Å²) in [5, 5.41) is 13.8. The Labute approximate surface area is 398 Å². The Morgan fingerprint density at radius 2 is 0.954 bits per heavy atom. The molecule has 0 aliphatic heterocycles. The predicted molar refractivity (Wildman–Crippen MR) is 278 cm³/mol. The highest BCUT2D eigenvalue weighted by molar-refractivity contribution is 7.45. The molecule has 0 rings (SSSR count). The highest BCUT2D eigenvalue weighted by Crippen LogP contribution is 2.38. The molecule has 0 bridgehead atoms. The van der Waals surface area contributed by atoms with E-state index in [1.54, 1.807) is 6.08 Å². The molecule has 0 heterocycles. The van der Waals surface area contributed by atoms with Gasteiger partial charge in [-0.05, 0) is 109 Å². The molecule has 0 saturated heterocycles. The van der Waals surface area contributed by atoms with E-state index in [9.17, 15) is 19.4 Å². The van der Waals surface area contributed by atoms with E-state index in [2.05, 4.69) is 141 Å². The molecule has 1 amide bonds. The number of hydrogen-bond donors (Lipinski definition) is 2. The van der Waals surface area contributed by atoms with Crippen LogP contribution in [0.1, 0.15) is 162 Å². The summed E-state index contributed by atoms with van der Waals surface area (Å²) in [5.41, 5.74) is 0. The number of rotatable bonds is 43. The van der Waals surface area contributed by atoms with Crippen LogP contribution in [0.5, 0.6) is 0 Å². The van der Waals surface area contributed by atoms with Crippen molar-refractivity contribution in [2.75, 3.05) is 40.9 Å². The second-order valence-electron chi connectivity index (χ2n) is 17.4. The molecule has 0 aromatic carbocycles. The minimum Gasteiger partial charge on any atom is -0.756 e. The smallest absolute Gasteiger partial charge is 0.268 e. The molecule has 8 nitrogen and oxygen atoms in total. The summed E-state index contributed by atoms with van der Waals surface area (Å²) in [5.74, 6) is -0.261. The fourth-order valence-electron chi connectivity index (χ4n) is 6.14. The highest BCUT2D eigenvalue weighted by Gasteiger charge is 2.23. The number of unbranched alkanes of at least 4 members (excludes halogenated alkanes) is 10. The van der Waals surface area contributed by atoms with Crippen molar-refractivity contribution in [3.8, 4) is 0 Å². The third kappa shape index (κ3) is 48.4. The SMILES string of the molecule is CC/C=C\C/C=C\C/C=C\C/C=C\C/C=C\C/C=C\C/C=C\C/C=C\CCCCC(=O)NC(COP(=O)([O-])OCC[N+](C)(C)C)C(O)/C=C/CC/C=C/CC/C=C/CCCCCCCC. The number of nitrogens with zero attached hydrogens (tertiary/aromatic N) is 1. The van der Waals surface area contributed by atoms with E-state index in [4.69, 9.17) is 9.05 Å². The van der Waals surface area contributed by atoms with Crippen LogP contribution >= 0.6 is 7.82 Å². The van der Waals surface area contributed by atoms with E-state index in [0.717, 1.165) is 89.9 Å². The van der Waals surface area contributed by atoms with Crippen LogP contribution in [0.25, 0.3) is 0 Å². The zero-order chi connectivity index (χ0) is 47.8. The second kappa shape index (κ2) is 45.8. The van der Waals surface area contributed by atoms with Gasteiger partial charge in [0.05, 0.1) is 39.9 Å². The number of hydrogen-bond acceptors (Lipinski definition) is 6. The lowest BCUT2D eigenvalue weighted by Crippen LogP contribution is -2.45. The van der Waals surface area contributed by atoms with Gasteiger partial charge in [0.25, 0.3) is 7.82 Å². The first-order chi connectivity index (χ1) is 31.5. The lowest BCUT2D eigenvalue weighted by molar-refractivity contribution is -0.870. The molecule has 0 fully saturated rings. The molecule has 368 valence electrons. The number of amides is 1. The summed E-state index contributed by atoms with van der Waals surface area (Å²) >= 11 is 0. The molecule has 0 radical (unpaired) electrons. The minimum absolute atomic E-state index is 0.0260. The van der Waals surface area contributed by atoms with Crippen LogP contribution in [0.2, 0.25) is 0 Å². The maximum absolute atomic E-state index is 12.9. The van der Waals surface area contributed by atoms with Crippen molar-refractivity contribution in [2.24, 2.45) is 0 Å². The first-order valence-electron chi connectivity index (χ1n) is 25.0. The van der Waals surface area contributed by atoms with Gasteiger partial charge in [-0.25, -0.2) is 0 Å². The molecule has 0 spiro atoms. The van der Waals surface area contributed by atoms with Crippen molar-refractivity contribution >= 4 is 13.7 Å².